The summed E-state index contributed by atoms with van der Waals surface area (Å²) in [6.07, 6.45) is 2.45. The second kappa shape index (κ2) is 9.60. The Morgan fingerprint density at radius 3 is 2.44 bits per heavy atom. The topological polar surface area (TPSA) is 119 Å². The van der Waals surface area contributed by atoms with Crippen LogP contribution < -0.4 is 15.1 Å². The Morgan fingerprint density at radius 2 is 1.69 bits per heavy atom. The molecule has 1 atom stereocenters. The first-order valence-electron chi connectivity index (χ1n) is 13.6. The van der Waals surface area contributed by atoms with E-state index in [2.05, 4.69) is 20.0 Å². The monoisotopic (exact) mass is 547 g/mol. The summed E-state index contributed by atoms with van der Waals surface area (Å²) in [5.41, 5.74) is 2.77. The fraction of sp³-hybridized carbons (Fsp3) is 0.481. The number of anilines is 2. The molecule has 3 saturated heterocycles. The lowest BCUT2D eigenvalue weighted by atomic mass is 10.0. The molecule has 5 aliphatic rings. The summed E-state index contributed by atoms with van der Waals surface area (Å²) in [5.74, 6) is 1.07. The number of aromatic nitrogens is 2. The molecule has 6 heterocycles. The number of piperidine rings is 1. The highest BCUT2D eigenvalue weighted by atomic mass is 32.2. The van der Waals surface area contributed by atoms with Gasteiger partial charge in [-0.15, -0.1) is 11.8 Å². The molecule has 4 amide bonds. The summed E-state index contributed by atoms with van der Waals surface area (Å²) in [6, 6.07) is 4.40. The zero-order valence-electron chi connectivity index (χ0n) is 21.5. The molecule has 11 nitrogen and oxygen atoms in total. The van der Waals surface area contributed by atoms with Gasteiger partial charge in [0.15, 0.2) is 0 Å². The molecule has 3 fully saturated rings. The fourth-order valence-electron chi connectivity index (χ4n) is 5.90. The summed E-state index contributed by atoms with van der Waals surface area (Å²) in [6.45, 7) is 6.14. The van der Waals surface area contributed by atoms with Crippen molar-refractivity contribution in [2.75, 3.05) is 54.8 Å². The van der Waals surface area contributed by atoms with Crippen molar-refractivity contribution in [1.82, 2.24) is 25.1 Å². The summed E-state index contributed by atoms with van der Waals surface area (Å²) >= 11 is 1.86. The molecule has 0 spiro atoms. The predicted octanol–water partition coefficient (Wildman–Crippen LogP) is 1.06. The van der Waals surface area contributed by atoms with Gasteiger partial charge in [0.05, 0.1) is 21.7 Å². The molecule has 0 aliphatic carbocycles. The van der Waals surface area contributed by atoms with Crippen LogP contribution in [0.15, 0.2) is 23.1 Å². The Kier molecular flexibility index (Phi) is 6.03. The second-order valence-electron chi connectivity index (χ2n) is 10.7. The Balaban J connectivity index is 1.03. The van der Waals surface area contributed by atoms with Crippen molar-refractivity contribution in [1.29, 1.82) is 0 Å². The molecule has 0 radical (unpaired) electrons. The maximum Gasteiger partial charge on any atom is 0.262 e. The summed E-state index contributed by atoms with van der Waals surface area (Å²) in [7, 11) is 0. The van der Waals surface area contributed by atoms with Crippen LogP contribution in [0.25, 0.3) is 0 Å². The third-order valence-corrected chi connectivity index (χ3v) is 9.33. The van der Waals surface area contributed by atoms with Crippen molar-refractivity contribution in [2.24, 2.45) is 0 Å². The van der Waals surface area contributed by atoms with E-state index in [1.165, 1.54) is 17.0 Å². The Bertz CT molecular complexity index is 1400. The third kappa shape index (κ3) is 4.26. The van der Waals surface area contributed by atoms with Crippen LogP contribution in [0.1, 0.15) is 51.2 Å². The van der Waals surface area contributed by atoms with Crippen LogP contribution in [0.2, 0.25) is 0 Å². The van der Waals surface area contributed by atoms with Gasteiger partial charge in [-0.05, 0) is 30.5 Å². The number of rotatable bonds is 5. The lowest BCUT2D eigenvalue weighted by Crippen LogP contribution is -2.54. The van der Waals surface area contributed by atoms with Crippen LogP contribution >= 0.6 is 11.8 Å². The number of benzene rings is 1. The smallest absolute Gasteiger partial charge is 0.262 e. The van der Waals surface area contributed by atoms with Crippen molar-refractivity contribution in [3.63, 3.8) is 0 Å². The van der Waals surface area contributed by atoms with Crippen molar-refractivity contribution in [3.8, 4) is 0 Å². The van der Waals surface area contributed by atoms with Gasteiger partial charge in [0.1, 0.15) is 11.9 Å². The predicted molar refractivity (Wildman–Crippen MR) is 144 cm³/mol. The van der Waals surface area contributed by atoms with Gasteiger partial charge in [-0.25, -0.2) is 4.98 Å². The molecule has 2 aromatic rings. The number of nitrogens with zero attached hydrogens (tertiary/aromatic N) is 6. The molecule has 1 unspecified atom stereocenters. The van der Waals surface area contributed by atoms with Crippen LogP contribution in [0, 0.1) is 0 Å². The van der Waals surface area contributed by atoms with Crippen molar-refractivity contribution >= 4 is 47.2 Å². The number of nitrogens with one attached hydrogen (secondary N) is 1. The molecule has 12 heteroatoms. The highest BCUT2D eigenvalue weighted by molar-refractivity contribution is 7.99. The fourth-order valence-corrected chi connectivity index (χ4v) is 7.02. The highest BCUT2D eigenvalue weighted by Crippen LogP contribution is 2.39. The largest absolute Gasteiger partial charge is 0.353 e. The number of aryl methyl sites for hydroxylation is 1. The average molecular weight is 548 g/mol. The minimum atomic E-state index is -0.949. The summed E-state index contributed by atoms with van der Waals surface area (Å²) < 4.78 is 0. The molecular weight excluding hydrogens is 518 g/mol. The first-order chi connectivity index (χ1) is 19.0. The van der Waals surface area contributed by atoms with Gasteiger partial charge in [0.2, 0.25) is 17.8 Å². The molecule has 1 N–H and O–H groups in total. The third-order valence-electron chi connectivity index (χ3n) is 8.21. The SMILES string of the molecule is O=C1CCC(N2C(=O)c3ccc(CN4CCN(c5nc(N6CCC6)nc6c5SCC6)CC4)cc3C2=O)C(=O)N1. The number of hydrogen-bond acceptors (Lipinski definition) is 10. The van der Waals surface area contributed by atoms with E-state index in [1.807, 2.05) is 17.8 Å². The average Bonchev–Trinajstić information content (AvgIpc) is 3.46. The standard InChI is InChI=1S/C27H29N7O4S/c35-21-5-4-20(24(36)29-21)34-25(37)17-3-2-16(14-18(17)26(34)38)15-31-9-11-32(12-10-31)23-22-19(6-13-39-22)28-27(30-23)33-7-1-8-33/h2-3,14,20H,1,4-13,15H2,(H,29,35,36). The number of carbonyl (C=O) groups is 4. The molecule has 1 aromatic heterocycles. The lowest BCUT2D eigenvalue weighted by Gasteiger charge is -2.37. The van der Waals surface area contributed by atoms with E-state index in [0.29, 0.717) is 17.7 Å². The van der Waals surface area contributed by atoms with E-state index in [-0.39, 0.29) is 18.7 Å². The number of amides is 4. The van der Waals surface area contributed by atoms with Gasteiger partial charge in [-0.1, -0.05) is 6.07 Å². The van der Waals surface area contributed by atoms with E-state index in [9.17, 15) is 19.2 Å². The number of thioether (sulfide) groups is 1. The van der Waals surface area contributed by atoms with Crippen LogP contribution in [-0.2, 0) is 22.6 Å². The zero-order chi connectivity index (χ0) is 26.7. The number of hydrogen-bond donors (Lipinski definition) is 1. The lowest BCUT2D eigenvalue weighted by molar-refractivity contribution is -0.136. The van der Waals surface area contributed by atoms with E-state index >= 15 is 0 Å². The van der Waals surface area contributed by atoms with E-state index in [0.717, 1.165) is 73.7 Å². The molecule has 0 bridgehead atoms. The molecule has 1 aromatic carbocycles. The molecule has 7 rings (SSSR count). The van der Waals surface area contributed by atoms with E-state index < -0.39 is 23.8 Å². The Morgan fingerprint density at radius 1 is 0.897 bits per heavy atom. The molecule has 202 valence electrons. The molecule has 39 heavy (non-hydrogen) atoms. The minimum absolute atomic E-state index is 0.108. The van der Waals surface area contributed by atoms with Gasteiger partial charge in [0.25, 0.3) is 11.8 Å². The second-order valence-corrected chi connectivity index (χ2v) is 11.8. The number of carbonyl (C=O) groups excluding carboxylic acids is 4. The molecule has 0 saturated carbocycles. The van der Waals surface area contributed by atoms with Crippen LogP contribution in [0.3, 0.4) is 0 Å². The van der Waals surface area contributed by atoms with E-state index in [1.54, 1.807) is 12.1 Å². The first-order valence-corrected chi connectivity index (χ1v) is 14.6. The molecule has 5 aliphatic heterocycles. The number of piperazine rings is 1. The van der Waals surface area contributed by atoms with Crippen LogP contribution in [0.5, 0.6) is 0 Å². The molecular formula is C27H29N7O4S. The summed E-state index contributed by atoms with van der Waals surface area (Å²) in [5, 5.41) is 2.24. The Hall–Kier alpha value is -3.51. The number of imide groups is 2. The van der Waals surface area contributed by atoms with Crippen molar-refractivity contribution in [2.45, 2.75) is 43.2 Å². The van der Waals surface area contributed by atoms with Crippen LogP contribution in [-0.4, -0.2) is 94.5 Å². The number of fused-ring (bicyclic) bond motifs is 2. The van der Waals surface area contributed by atoms with E-state index in [4.69, 9.17) is 9.97 Å². The maximum atomic E-state index is 13.2. The van der Waals surface area contributed by atoms with Gasteiger partial charge in [-0.3, -0.25) is 34.3 Å². The zero-order valence-corrected chi connectivity index (χ0v) is 22.3. The van der Waals surface area contributed by atoms with Crippen molar-refractivity contribution < 1.29 is 19.2 Å². The van der Waals surface area contributed by atoms with Gasteiger partial charge in [0, 0.05) is 64.4 Å². The minimum Gasteiger partial charge on any atom is -0.353 e. The quantitative estimate of drug-likeness (QED) is 0.544. The van der Waals surface area contributed by atoms with Gasteiger partial charge >= 0.3 is 0 Å². The van der Waals surface area contributed by atoms with Gasteiger partial charge < -0.3 is 9.80 Å². The van der Waals surface area contributed by atoms with Gasteiger partial charge in [-0.2, -0.15) is 4.98 Å². The maximum absolute atomic E-state index is 13.2. The normalized spacial score (nSPS) is 23.2. The highest BCUT2D eigenvalue weighted by Gasteiger charge is 2.44. The van der Waals surface area contributed by atoms with Crippen molar-refractivity contribution in [3.05, 3.63) is 40.6 Å². The Labute approximate surface area is 229 Å². The first kappa shape index (κ1) is 24.5. The summed E-state index contributed by atoms with van der Waals surface area (Å²) in [4.78, 5) is 69.1. The van der Waals surface area contributed by atoms with Crippen LogP contribution in [0.4, 0.5) is 11.8 Å².